The van der Waals surface area contributed by atoms with Gasteiger partial charge in [-0.15, -0.1) is 0 Å². The first-order valence-corrected chi connectivity index (χ1v) is 14.2. The number of hydrogen-bond donors (Lipinski definition) is 3. The fourth-order valence-corrected chi connectivity index (χ4v) is 5.04. The second-order valence-electron chi connectivity index (χ2n) is 10.0. The minimum atomic E-state index is -2.10. The highest BCUT2D eigenvalue weighted by atomic mass is 28.4. The highest BCUT2D eigenvalue weighted by Gasteiger charge is 2.45. The number of benzene rings is 1. The van der Waals surface area contributed by atoms with Crippen molar-refractivity contribution in [1.82, 2.24) is 19.5 Å². The molecule has 3 aromatic rings. The summed E-state index contributed by atoms with van der Waals surface area (Å²) in [5.41, 5.74) is 0.379. The van der Waals surface area contributed by atoms with E-state index in [-0.39, 0.29) is 34.9 Å². The molecule has 1 aromatic carbocycles. The lowest BCUT2D eigenvalue weighted by molar-refractivity contribution is -0.0410. The number of rotatable bonds is 6. The largest absolute Gasteiger partial charge is 0.411 e. The van der Waals surface area contributed by atoms with Gasteiger partial charge in [0.1, 0.15) is 12.3 Å². The van der Waals surface area contributed by atoms with Gasteiger partial charge in [-0.25, -0.2) is 4.98 Å². The number of hydrogen-bond acceptors (Lipinski definition) is 7. The Kier molecular flexibility index (Phi) is 6.47. The van der Waals surface area contributed by atoms with Gasteiger partial charge in [0.05, 0.1) is 19.0 Å². The van der Waals surface area contributed by atoms with Crippen molar-refractivity contribution in [3.8, 4) is 0 Å². The zero-order chi connectivity index (χ0) is 24.7. The lowest BCUT2D eigenvalue weighted by Gasteiger charge is -2.39. The van der Waals surface area contributed by atoms with Crippen molar-refractivity contribution in [3.05, 3.63) is 52.6 Å². The number of ether oxygens (including phenoxy) is 1. The maximum absolute atomic E-state index is 12.6. The van der Waals surface area contributed by atoms with Gasteiger partial charge < -0.3 is 14.3 Å². The Hall–Kier alpha value is -2.86. The van der Waals surface area contributed by atoms with Gasteiger partial charge in [-0.1, -0.05) is 39.0 Å². The van der Waals surface area contributed by atoms with E-state index in [1.54, 1.807) is 28.8 Å². The standard InChI is InChI=1S/C23H31N5O5Si/c1-23(2,3)34(4,5)33-15-11-17(32-16(15)12-29)28-13-24-18-19(28)25-22(27-21(18)31)26-20(30)14-9-7-6-8-10-14/h6-10,13,15-17,29H,11-12H2,1-5H3,(H2,25,26,27,30,31)/t15-,16+,17+/m0/s1. The van der Waals surface area contributed by atoms with Crippen LogP contribution in [0.25, 0.3) is 11.2 Å². The number of imidazole rings is 1. The van der Waals surface area contributed by atoms with E-state index in [2.05, 4.69) is 54.1 Å². The Labute approximate surface area is 198 Å². The summed E-state index contributed by atoms with van der Waals surface area (Å²) in [6.07, 6.45) is 0.639. The topological polar surface area (TPSA) is 131 Å². The van der Waals surface area contributed by atoms with Crippen LogP contribution in [0, 0.1) is 0 Å². The molecule has 0 unspecified atom stereocenters. The number of aliphatic hydroxyl groups excluding tert-OH is 1. The smallest absolute Gasteiger partial charge is 0.280 e. The van der Waals surface area contributed by atoms with E-state index >= 15 is 0 Å². The van der Waals surface area contributed by atoms with Crippen LogP contribution in [0.3, 0.4) is 0 Å². The van der Waals surface area contributed by atoms with Gasteiger partial charge in [-0.3, -0.25) is 24.5 Å². The number of carbonyl (C=O) groups excluding carboxylic acids is 1. The minimum absolute atomic E-state index is 0.00745. The van der Waals surface area contributed by atoms with E-state index in [0.717, 1.165) is 0 Å². The van der Waals surface area contributed by atoms with Crippen molar-refractivity contribution in [1.29, 1.82) is 0 Å². The number of aromatic amines is 1. The molecule has 0 radical (unpaired) electrons. The first-order valence-electron chi connectivity index (χ1n) is 11.3. The molecule has 3 heterocycles. The monoisotopic (exact) mass is 485 g/mol. The van der Waals surface area contributed by atoms with Crippen molar-refractivity contribution in [3.63, 3.8) is 0 Å². The van der Waals surface area contributed by atoms with Gasteiger partial charge in [0, 0.05) is 12.0 Å². The Bertz CT molecular complexity index is 1230. The van der Waals surface area contributed by atoms with Crippen LogP contribution in [0.1, 0.15) is 43.8 Å². The van der Waals surface area contributed by atoms with Crippen LogP contribution in [0.5, 0.6) is 0 Å². The van der Waals surface area contributed by atoms with E-state index in [1.165, 1.54) is 6.33 Å². The number of anilines is 1. The maximum Gasteiger partial charge on any atom is 0.280 e. The van der Waals surface area contributed by atoms with Crippen LogP contribution in [0.15, 0.2) is 41.5 Å². The van der Waals surface area contributed by atoms with Crippen LogP contribution < -0.4 is 10.9 Å². The van der Waals surface area contributed by atoms with Gasteiger partial charge in [-0.05, 0) is 30.3 Å². The molecule has 34 heavy (non-hydrogen) atoms. The molecule has 0 saturated carbocycles. The number of H-pyrrole nitrogens is 1. The number of fused-ring (bicyclic) bond motifs is 1. The molecule has 3 N–H and O–H groups in total. The summed E-state index contributed by atoms with van der Waals surface area (Å²) in [4.78, 5) is 36.3. The van der Waals surface area contributed by atoms with Crippen molar-refractivity contribution in [2.45, 2.75) is 63.8 Å². The summed E-state index contributed by atoms with van der Waals surface area (Å²) in [5.74, 6) is -0.381. The molecular formula is C23H31N5O5Si. The molecule has 0 bridgehead atoms. The Morgan fingerprint density at radius 3 is 2.68 bits per heavy atom. The molecule has 0 spiro atoms. The van der Waals surface area contributed by atoms with E-state index in [0.29, 0.717) is 12.0 Å². The zero-order valence-corrected chi connectivity index (χ0v) is 21.0. The predicted molar refractivity (Wildman–Crippen MR) is 130 cm³/mol. The summed E-state index contributed by atoms with van der Waals surface area (Å²) in [6, 6.07) is 8.65. The zero-order valence-electron chi connectivity index (χ0n) is 20.0. The summed E-state index contributed by atoms with van der Waals surface area (Å²) >= 11 is 0. The fourth-order valence-electron chi connectivity index (χ4n) is 3.68. The summed E-state index contributed by atoms with van der Waals surface area (Å²) in [5, 5.41) is 12.6. The van der Waals surface area contributed by atoms with E-state index < -0.39 is 32.1 Å². The molecule has 1 amide bonds. The molecule has 11 heteroatoms. The van der Waals surface area contributed by atoms with Gasteiger partial charge in [0.25, 0.3) is 11.5 Å². The van der Waals surface area contributed by atoms with E-state index in [1.807, 2.05) is 6.07 Å². The molecule has 2 aromatic heterocycles. The van der Waals surface area contributed by atoms with Crippen molar-refractivity contribution in [2.24, 2.45) is 0 Å². The minimum Gasteiger partial charge on any atom is -0.411 e. The third kappa shape index (κ3) is 4.69. The number of carbonyl (C=O) groups is 1. The number of aliphatic hydroxyl groups is 1. The third-order valence-corrected chi connectivity index (χ3v) is 11.1. The molecular weight excluding hydrogens is 454 g/mol. The predicted octanol–water partition coefficient (Wildman–Crippen LogP) is 3.04. The van der Waals surface area contributed by atoms with Gasteiger partial charge in [0.2, 0.25) is 5.95 Å². The Morgan fingerprint density at radius 1 is 1.32 bits per heavy atom. The first kappa shape index (κ1) is 24.3. The lowest BCUT2D eigenvalue weighted by Crippen LogP contribution is -2.46. The Balaban J connectivity index is 1.61. The summed E-state index contributed by atoms with van der Waals surface area (Å²) < 4.78 is 14.3. The number of nitrogens with one attached hydrogen (secondary N) is 2. The quantitative estimate of drug-likeness (QED) is 0.457. The molecule has 182 valence electrons. The molecule has 4 rings (SSSR count). The molecule has 1 fully saturated rings. The molecule has 1 aliphatic rings. The first-order chi connectivity index (χ1) is 16.0. The van der Waals surface area contributed by atoms with Gasteiger partial charge in [-0.2, -0.15) is 4.98 Å². The van der Waals surface area contributed by atoms with Gasteiger partial charge in [0.15, 0.2) is 19.5 Å². The van der Waals surface area contributed by atoms with Crippen molar-refractivity contribution < 1.29 is 19.1 Å². The Morgan fingerprint density at radius 2 is 2.03 bits per heavy atom. The van der Waals surface area contributed by atoms with E-state index in [9.17, 15) is 14.7 Å². The number of nitrogens with zero attached hydrogens (tertiary/aromatic N) is 3. The average Bonchev–Trinajstić information content (AvgIpc) is 3.37. The molecule has 10 nitrogen and oxygen atoms in total. The van der Waals surface area contributed by atoms with E-state index in [4.69, 9.17) is 9.16 Å². The average molecular weight is 486 g/mol. The summed E-state index contributed by atoms with van der Waals surface area (Å²) in [7, 11) is -2.10. The lowest BCUT2D eigenvalue weighted by atomic mass is 10.2. The summed E-state index contributed by atoms with van der Waals surface area (Å²) in [6.45, 7) is 10.6. The normalized spacial score (nSPS) is 21.2. The highest BCUT2D eigenvalue weighted by molar-refractivity contribution is 6.74. The molecule has 1 aliphatic heterocycles. The molecule has 3 atom stereocenters. The second-order valence-corrected chi connectivity index (χ2v) is 14.8. The van der Waals surface area contributed by atoms with Gasteiger partial charge >= 0.3 is 0 Å². The molecule has 0 aliphatic carbocycles. The number of amides is 1. The highest BCUT2D eigenvalue weighted by Crippen LogP contribution is 2.41. The fraction of sp³-hybridized carbons (Fsp3) is 0.478. The number of aromatic nitrogens is 4. The second kappa shape index (κ2) is 9.06. The molecule has 1 saturated heterocycles. The SMILES string of the molecule is CC(C)(C)[Si](C)(C)O[C@H]1C[C@H](n2cnc3c(=O)[nH]c(NC(=O)c4ccccc4)nc32)O[C@@H]1CO. The van der Waals surface area contributed by atoms with Crippen LogP contribution in [0.4, 0.5) is 5.95 Å². The van der Waals surface area contributed by atoms with Crippen LogP contribution in [-0.4, -0.2) is 57.7 Å². The van der Waals surface area contributed by atoms with Crippen molar-refractivity contribution >= 4 is 31.3 Å². The van der Waals surface area contributed by atoms with Crippen LogP contribution >= 0.6 is 0 Å². The van der Waals surface area contributed by atoms with Crippen LogP contribution in [-0.2, 0) is 9.16 Å². The van der Waals surface area contributed by atoms with Crippen molar-refractivity contribution in [2.75, 3.05) is 11.9 Å². The third-order valence-electron chi connectivity index (χ3n) is 6.62. The maximum atomic E-state index is 12.6. The van der Waals surface area contributed by atoms with Crippen LogP contribution in [0.2, 0.25) is 18.1 Å².